The molecule has 6 nitrogen and oxygen atoms in total. The molecule has 2 aliphatic carbocycles. The fraction of sp³-hybridized carbons (Fsp3) is 0.103. The first-order chi connectivity index (χ1) is 17.3. The largest absolute Gasteiger partial charge is 0.508 e. The smallest absolute Gasteiger partial charge is 0.343 e. The van der Waals surface area contributed by atoms with E-state index < -0.39 is 11.9 Å². The molecule has 3 aromatic rings. The summed E-state index contributed by atoms with van der Waals surface area (Å²) in [5, 5.41) is 21.0. The van der Waals surface area contributed by atoms with Crippen molar-refractivity contribution in [2.45, 2.75) is 6.92 Å². The Hall–Kier alpha value is -4.29. The topological polar surface area (TPSA) is 93.1 Å². The van der Waals surface area contributed by atoms with E-state index in [0.717, 1.165) is 16.3 Å². The second kappa shape index (κ2) is 9.40. The van der Waals surface area contributed by atoms with E-state index >= 15 is 0 Å². The Morgan fingerprint density at radius 1 is 0.861 bits per heavy atom. The van der Waals surface area contributed by atoms with Crippen molar-refractivity contribution in [2.75, 3.05) is 0 Å². The number of ether oxygens (including phenoxy) is 2. The van der Waals surface area contributed by atoms with Gasteiger partial charge >= 0.3 is 11.9 Å². The Morgan fingerprint density at radius 3 is 2.44 bits per heavy atom. The van der Waals surface area contributed by atoms with Crippen molar-refractivity contribution in [1.29, 1.82) is 0 Å². The molecule has 2 unspecified atom stereocenters. The second-order valence-electron chi connectivity index (χ2n) is 8.69. The summed E-state index contributed by atoms with van der Waals surface area (Å²) < 4.78 is 10.9. The number of aliphatic hydroxyl groups excluding tert-OH is 1. The van der Waals surface area contributed by atoms with Crippen LogP contribution in [0.4, 0.5) is 0 Å². The zero-order valence-electron chi connectivity index (χ0n) is 19.1. The first-order valence-electron chi connectivity index (χ1n) is 11.3. The summed E-state index contributed by atoms with van der Waals surface area (Å²) >= 11 is 6.32. The van der Waals surface area contributed by atoms with Gasteiger partial charge in [0.15, 0.2) is 0 Å². The van der Waals surface area contributed by atoms with Crippen molar-refractivity contribution >= 4 is 34.3 Å². The zero-order chi connectivity index (χ0) is 25.4. The van der Waals surface area contributed by atoms with Crippen molar-refractivity contribution in [1.82, 2.24) is 0 Å². The van der Waals surface area contributed by atoms with Gasteiger partial charge in [0.05, 0.1) is 16.2 Å². The molecule has 0 fully saturated rings. The minimum absolute atomic E-state index is 0.00106. The number of fused-ring (bicyclic) bond motifs is 2. The third kappa shape index (κ3) is 4.76. The molecule has 0 aromatic heterocycles. The summed E-state index contributed by atoms with van der Waals surface area (Å²) in [4.78, 5) is 25.4. The van der Waals surface area contributed by atoms with Crippen molar-refractivity contribution in [3.8, 4) is 17.2 Å². The number of carbonyl (C=O) groups excluding carboxylic acids is 2. The van der Waals surface area contributed by atoms with Gasteiger partial charge in [-0.2, -0.15) is 0 Å². The molecule has 0 saturated carbocycles. The summed E-state index contributed by atoms with van der Waals surface area (Å²) in [7, 11) is 0. The molecule has 0 saturated heterocycles. The highest BCUT2D eigenvalue weighted by Gasteiger charge is 2.27. The number of halogens is 1. The Bertz CT molecular complexity index is 1530. The van der Waals surface area contributed by atoms with Gasteiger partial charge in [0.1, 0.15) is 23.0 Å². The summed E-state index contributed by atoms with van der Waals surface area (Å²) in [6, 6.07) is 14.2. The Morgan fingerprint density at radius 2 is 1.64 bits per heavy atom. The first-order valence-corrected chi connectivity index (χ1v) is 11.6. The second-order valence-corrected chi connectivity index (χ2v) is 9.10. The van der Waals surface area contributed by atoms with Crippen LogP contribution >= 0.6 is 11.6 Å². The number of hydrogen-bond donors (Lipinski definition) is 2. The number of phenols is 1. The standard InChI is InChI=1S/C29H21ClO6/c1-16-10-21(12-19-5-7-23(32)14-25(16)19)29(34)36-27-9-8-24(15-26(27)30)35-28(33)20-3-2-18-13-22(31)6-4-17(18)11-20/h2-16,25,31-32H,1H3. The quantitative estimate of drug-likeness (QED) is 0.316. The van der Waals surface area contributed by atoms with Crippen LogP contribution < -0.4 is 9.47 Å². The summed E-state index contributed by atoms with van der Waals surface area (Å²) in [6.07, 6.45) is 8.67. The highest BCUT2D eigenvalue weighted by molar-refractivity contribution is 6.32. The average molecular weight is 501 g/mol. The van der Waals surface area contributed by atoms with E-state index in [1.165, 1.54) is 18.2 Å². The summed E-state index contributed by atoms with van der Waals surface area (Å²) in [5.74, 6) is -0.453. The minimum Gasteiger partial charge on any atom is -0.508 e. The predicted octanol–water partition coefficient (Wildman–Crippen LogP) is 6.45. The highest BCUT2D eigenvalue weighted by Crippen LogP contribution is 2.36. The molecule has 2 aliphatic rings. The maximum atomic E-state index is 12.8. The van der Waals surface area contributed by atoms with Crippen molar-refractivity contribution in [3.63, 3.8) is 0 Å². The molecule has 5 rings (SSSR count). The number of esters is 2. The van der Waals surface area contributed by atoms with Gasteiger partial charge in [-0.25, -0.2) is 9.59 Å². The molecule has 180 valence electrons. The van der Waals surface area contributed by atoms with Gasteiger partial charge in [-0.3, -0.25) is 0 Å². The molecule has 36 heavy (non-hydrogen) atoms. The molecule has 0 amide bonds. The molecule has 0 aliphatic heterocycles. The van der Waals surface area contributed by atoms with Crippen LogP contribution in [0, 0.1) is 11.8 Å². The number of hydrogen-bond acceptors (Lipinski definition) is 6. The molecule has 2 atom stereocenters. The van der Waals surface area contributed by atoms with Crippen LogP contribution in [-0.2, 0) is 4.79 Å². The van der Waals surface area contributed by atoms with Crippen LogP contribution in [0.2, 0.25) is 5.02 Å². The Balaban J connectivity index is 1.28. The number of carbonyl (C=O) groups is 2. The Labute approximate surface area is 212 Å². The van der Waals surface area contributed by atoms with E-state index in [1.54, 1.807) is 66.8 Å². The highest BCUT2D eigenvalue weighted by atomic mass is 35.5. The van der Waals surface area contributed by atoms with Crippen molar-refractivity contribution in [2.24, 2.45) is 11.8 Å². The molecular weight excluding hydrogens is 480 g/mol. The van der Waals surface area contributed by atoms with Gasteiger partial charge in [-0.15, -0.1) is 0 Å². The monoisotopic (exact) mass is 500 g/mol. The lowest BCUT2D eigenvalue weighted by molar-refractivity contribution is -0.129. The summed E-state index contributed by atoms with van der Waals surface area (Å²) in [5.41, 5.74) is 1.64. The lowest BCUT2D eigenvalue weighted by atomic mass is 9.78. The number of aliphatic hydroxyl groups is 1. The lowest BCUT2D eigenvalue weighted by Gasteiger charge is -2.27. The number of rotatable bonds is 4. The fourth-order valence-electron chi connectivity index (χ4n) is 4.28. The molecule has 0 radical (unpaired) electrons. The molecule has 3 aromatic carbocycles. The number of allylic oxidation sites excluding steroid dienone is 5. The van der Waals surface area contributed by atoms with Gasteiger partial charge in [0.25, 0.3) is 0 Å². The average Bonchev–Trinajstić information content (AvgIpc) is 2.85. The molecule has 0 heterocycles. The van der Waals surface area contributed by atoms with Crippen LogP contribution in [0.3, 0.4) is 0 Å². The molecule has 2 N–H and O–H groups in total. The van der Waals surface area contributed by atoms with E-state index in [2.05, 4.69) is 0 Å². The van der Waals surface area contributed by atoms with E-state index in [4.69, 9.17) is 21.1 Å². The number of aromatic hydroxyl groups is 1. The van der Waals surface area contributed by atoms with E-state index in [-0.39, 0.29) is 39.9 Å². The molecular formula is C29H21ClO6. The normalized spacial score (nSPS) is 18.6. The van der Waals surface area contributed by atoms with Crippen LogP contribution in [-0.4, -0.2) is 22.2 Å². The molecule has 0 spiro atoms. The van der Waals surface area contributed by atoms with Gasteiger partial charge < -0.3 is 19.7 Å². The maximum Gasteiger partial charge on any atom is 0.343 e. The fourth-order valence-corrected chi connectivity index (χ4v) is 4.49. The van der Waals surface area contributed by atoms with Gasteiger partial charge in [-0.1, -0.05) is 42.8 Å². The lowest BCUT2D eigenvalue weighted by Crippen LogP contribution is -2.21. The minimum atomic E-state index is -0.575. The van der Waals surface area contributed by atoms with Crippen LogP contribution in [0.25, 0.3) is 10.8 Å². The molecule has 7 heteroatoms. The zero-order valence-corrected chi connectivity index (χ0v) is 19.9. The first kappa shape index (κ1) is 23.5. The number of phenolic OH excluding ortho intramolecular Hbond substituents is 1. The van der Waals surface area contributed by atoms with Crippen LogP contribution in [0.1, 0.15) is 17.3 Å². The predicted molar refractivity (Wildman–Crippen MR) is 136 cm³/mol. The molecule has 0 bridgehead atoms. The maximum absolute atomic E-state index is 12.8. The van der Waals surface area contributed by atoms with Crippen molar-refractivity contribution in [3.05, 3.63) is 112 Å². The van der Waals surface area contributed by atoms with E-state index in [9.17, 15) is 19.8 Å². The van der Waals surface area contributed by atoms with Gasteiger partial charge in [0.2, 0.25) is 0 Å². The van der Waals surface area contributed by atoms with Gasteiger partial charge in [-0.05, 0) is 76.9 Å². The van der Waals surface area contributed by atoms with Crippen molar-refractivity contribution < 1.29 is 29.3 Å². The third-order valence-corrected chi connectivity index (χ3v) is 6.42. The Kier molecular flexibility index (Phi) is 6.12. The SMILES string of the molecule is CC1C=C(C(=O)Oc2ccc(OC(=O)c3ccc4cc(O)ccc4c3)cc2Cl)C=C2C=CC(O)=CC21. The van der Waals surface area contributed by atoms with E-state index in [0.29, 0.717) is 11.1 Å². The third-order valence-electron chi connectivity index (χ3n) is 6.12. The van der Waals surface area contributed by atoms with Crippen LogP contribution in [0.15, 0.2) is 102 Å². The summed E-state index contributed by atoms with van der Waals surface area (Å²) in [6.45, 7) is 1.96. The van der Waals surface area contributed by atoms with Gasteiger partial charge in [0, 0.05) is 12.0 Å². The van der Waals surface area contributed by atoms with Crippen LogP contribution in [0.5, 0.6) is 17.2 Å². The number of benzene rings is 3. The van der Waals surface area contributed by atoms with E-state index in [1.807, 2.05) is 6.92 Å².